The van der Waals surface area contributed by atoms with E-state index >= 15 is 0 Å². The number of nitrogens with one attached hydrogen (secondary N) is 1. The van der Waals surface area contributed by atoms with Gasteiger partial charge in [0.25, 0.3) is 0 Å². The average molecular weight is 425 g/mol. The first-order chi connectivity index (χ1) is 13.2. The second-order valence-corrected chi connectivity index (χ2v) is 8.72. The number of carbonyl (C=O) groups excluding carboxylic acids is 1. The number of carbonyl (C=O) groups is 1. The molecule has 0 atom stereocenters. The molecule has 0 aliphatic heterocycles. The Morgan fingerprint density at radius 2 is 1.86 bits per heavy atom. The number of anilines is 2. The minimum Gasteiger partial charge on any atom is -0.494 e. The number of rotatable bonds is 9. The Hall–Kier alpha value is -2.25. The number of hydrogen-bond donors (Lipinski definition) is 1. The molecule has 2 rings (SSSR count). The predicted octanol–water partition coefficient (Wildman–Crippen LogP) is 4.23. The smallest absolute Gasteiger partial charge is 0.232 e. The Kier molecular flexibility index (Phi) is 7.71. The van der Waals surface area contributed by atoms with Crippen LogP contribution in [0, 0.1) is 6.92 Å². The van der Waals surface area contributed by atoms with E-state index in [0.29, 0.717) is 29.4 Å². The van der Waals surface area contributed by atoms with Crippen LogP contribution in [0.15, 0.2) is 42.5 Å². The molecule has 0 saturated heterocycles. The summed E-state index contributed by atoms with van der Waals surface area (Å²) in [6.45, 7) is 4.49. The van der Waals surface area contributed by atoms with E-state index in [0.717, 1.165) is 17.6 Å². The zero-order valence-electron chi connectivity index (χ0n) is 16.2. The molecule has 0 spiro atoms. The Bertz CT molecular complexity index is 914. The molecule has 2 aromatic rings. The number of sulfonamides is 1. The van der Waals surface area contributed by atoms with E-state index in [1.54, 1.807) is 42.5 Å². The third-order valence-corrected chi connectivity index (χ3v) is 5.47. The molecule has 28 heavy (non-hydrogen) atoms. The number of benzene rings is 2. The van der Waals surface area contributed by atoms with E-state index < -0.39 is 10.0 Å². The van der Waals surface area contributed by atoms with Gasteiger partial charge in [-0.25, -0.2) is 8.42 Å². The quantitative estimate of drug-likeness (QED) is 0.653. The fourth-order valence-electron chi connectivity index (χ4n) is 2.72. The van der Waals surface area contributed by atoms with Crippen LogP contribution in [0.2, 0.25) is 5.02 Å². The molecular weight excluding hydrogens is 400 g/mol. The van der Waals surface area contributed by atoms with E-state index in [9.17, 15) is 13.2 Å². The maximum Gasteiger partial charge on any atom is 0.232 e. The van der Waals surface area contributed by atoms with Gasteiger partial charge >= 0.3 is 0 Å². The number of amides is 1. The van der Waals surface area contributed by atoms with E-state index in [2.05, 4.69) is 5.32 Å². The summed E-state index contributed by atoms with van der Waals surface area (Å²) in [4.78, 5) is 12.2. The van der Waals surface area contributed by atoms with Gasteiger partial charge < -0.3 is 10.1 Å². The van der Waals surface area contributed by atoms with Crippen molar-refractivity contribution in [2.45, 2.75) is 26.7 Å². The first-order valence-corrected chi connectivity index (χ1v) is 11.2. The molecule has 0 bridgehead atoms. The summed E-state index contributed by atoms with van der Waals surface area (Å²) in [5, 5.41) is 3.26. The first kappa shape index (κ1) is 22.0. The van der Waals surface area contributed by atoms with E-state index in [1.165, 1.54) is 4.31 Å². The number of nitrogens with zero attached hydrogens (tertiary/aromatic N) is 1. The zero-order chi connectivity index (χ0) is 20.7. The molecule has 152 valence electrons. The molecule has 8 heteroatoms. The molecule has 0 aromatic heterocycles. The minimum atomic E-state index is -3.50. The van der Waals surface area contributed by atoms with Crippen LogP contribution in [0.25, 0.3) is 0 Å². The summed E-state index contributed by atoms with van der Waals surface area (Å²) in [7, 11) is -3.50. The van der Waals surface area contributed by atoms with E-state index in [4.69, 9.17) is 16.3 Å². The standard InChI is InChI=1S/C20H25ClN2O4S/c1-4-27-18-11-9-17(10-12-18)22-20(24)6-5-13-23(28(3,25)26)19-14-16(21)8-7-15(19)2/h7-12,14H,4-6,13H2,1-3H3,(H,22,24). The molecule has 0 heterocycles. The van der Waals surface area contributed by atoms with Crippen LogP contribution >= 0.6 is 11.6 Å². The molecule has 0 aliphatic rings. The highest BCUT2D eigenvalue weighted by atomic mass is 35.5. The number of aryl methyl sites for hydroxylation is 1. The Balaban J connectivity index is 1.96. The van der Waals surface area contributed by atoms with Crippen molar-refractivity contribution in [3.05, 3.63) is 53.1 Å². The third kappa shape index (κ3) is 6.42. The van der Waals surface area contributed by atoms with Crippen molar-refractivity contribution in [2.75, 3.05) is 29.0 Å². The lowest BCUT2D eigenvalue weighted by atomic mass is 10.2. The fourth-order valence-corrected chi connectivity index (χ4v) is 3.91. The van der Waals surface area contributed by atoms with Crippen molar-refractivity contribution in [1.82, 2.24) is 0 Å². The van der Waals surface area contributed by atoms with Crippen molar-refractivity contribution in [2.24, 2.45) is 0 Å². The summed E-state index contributed by atoms with van der Waals surface area (Å²) < 4.78 is 31.1. The number of halogens is 1. The van der Waals surface area contributed by atoms with E-state index in [1.807, 2.05) is 13.8 Å². The molecule has 2 aromatic carbocycles. The lowest BCUT2D eigenvalue weighted by molar-refractivity contribution is -0.116. The molecule has 1 N–H and O–H groups in total. The Labute approximate surface area is 171 Å². The highest BCUT2D eigenvalue weighted by molar-refractivity contribution is 7.92. The van der Waals surface area contributed by atoms with Gasteiger partial charge in [-0.15, -0.1) is 0 Å². The van der Waals surface area contributed by atoms with Gasteiger partial charge in [-0.05, 0) is 62.2 Å². The van der Waals surface area contributed by atoms with Crippen LogP contribution in [0.5, 0.6) is 5.75 Å². The summed E-state index contributed by atoms with van der Waals surface area (Å²) in [5.41, 5.74) is 2.00. The molecule has 0 fully saturated rings. The van der Waals surface area contributed by atoms with Gasteiger partial charge in [0.2, 0.25) is 15.9 Å². The normalized spacial score (nSPS) is 11.1. The first-order valence-electron chi connectivity index (χ1n) is 8.97. The summed E-state index contributed by atoms with van der Waals surface area (Å²) in [6.07, 6.45) is 1.72. The Morgan fingerprint density at radius 1 is 1.18 bits per heavy atom. The van der Waals surface area contributed by atoms with Crippen molar-refractivity contribution in [3.8, 4) is 5.75 Å². The van der Waals surface area contributed by atoms with Gasteiger partial charge in [0.15, 0.2) is 0 Å². The third-order valence-electron chi connectivity index (χ3n) is 4.05. The zero-order valence-corrected chi connectivity index (χ0v) is 17.8. The summed E-state index contributed by atoms with van der Waals surface area (Å²) >= 11 is 6.02. The molecular formula is C20H25ClN2O4S. The van der Waals surface area contributed by atoms with Crippen LogP contribution in [0.4, 0.5) is 11.4 Å². The molecule has 0 radical (unpaired) electrons. The van der Waals surface area contributed by atoms with Crippen LogP contribution in [-0.4, -0.2) is 33.7 Å². The maximum absolute atomic E-state index is 12.2. The minimum absolute atomic E-state index is 0.180. The molecule has 1 amide bonds. The highest BCUT2D eigenvalue weighted by Crippen LogP contribution is 2.26. The lowest BCUT2D eigenvalue weighted by Crippen LogP contribution is -2.32. The van der Waals surface area contributed by atoms with Crippen LogP contribution < -0.4 is 14.4 Å². The topological polar surface area (TPSA) is 75.7 Å². The van der Waals surface area contributed by atoms with Crippen molar-refractivity contribution >= 4 is 38.9 Å². The van der Waals surface area contributed by atoms with Crippen LogP contribution in [0.3, 0.4) is 0 Å². The number of ether oxygens (including phenoxy) is 1. The Morgan fingerprint density at radius 3 is 2.46 bits per heavy atom. The number of hydrogen-bond acceptors (Lipinski definition) is 4. The van der Waals surface area contributed by atoms with Gasteiger partial charge in [0, 0.05) is 23.7 Å². The second-order valence-electron chi connectivity index (χ2n) is 6.38. The molecule has 6 nitrogen and oxygen atoms in total. The maximum atomic E-state index is 12.2. The molecule has 0 saturated carbocycles. The highest BCUT2D eigenvalue weighted by Gasteiger charge is 2.19. The van der Waals surface area contributed by atoms with Gasteiger partial charge in [0.1, 0.15) is 5.75 Å². The molecule has 0 aliphatic carbocycles. The van der Waals surface area contributed by atoms with Crippen molar-refractivity contribution in [3.63, 3.8) is 0 Å². The van der Waals surface area contributed by atoms with Gasteiger partial charge in [-0.1, -0.05) is 17.7 Å². The lowest BCUT2D eigenvalue weighted by Gasteiger charge is -2.24. The van der Waals surface area contributed by atoms with Crippen molar-refractivity contribution < 1.29 is 17.9 Å². The van der Waals surface area contributed by atoms with Crippen molar-refractivity contribution in [1.29, 1.82) is 0 Å². The SMILES string of the molecule is CCOc1ccc(NC(=O)CCCN(c2cc(Cl)ccc2C)S(C)(=O)=O)cc1. The average Bonchev–Trinajstić information content (AvgIpc) is 2.62. The largest absolute Gasteiger partial charge is 0.494 e. The van der Waals surface area contributed by atoms with Crippen LogP contribution in [-0.2, 0) is 14.8 Å². The van der Waals surface area contributed by atoms with Crippen LogP contribution in [0.1, 0.15) is 25.3 Å². The second kappa shape index (κ2) is 9.80. The summed E-state index contributed by atoms with van der Waals surface area (Å²) in [6, 6.07) is 12.2. The predicted molar refractivity (Wildman–Crippen MR) is 114 cm³/mol. The fraction of sp³-hybridized carbons (Fsp3) is 0.350. The molecule has 0 unspecified atom stereocenters. The van der Waals surface area contributed by atoms with Gasteiger partial charge in [-0.2, -0.15) is 0 Å². The van der Waals surface area contributed by atoms with Gasteiger partial charge in [-0.3, -0.25) is 9.10 Å². The monoisotopic (exact) mass is 424 g/mol. The van der Waals surface area contributed by atoms with E-state index in [-0.39, 0.29) is 18.9 Å². The van der Waals surface area contributed by atoms with Gasteiger partial charge in [0.05, 0.1) is 18.6 Å². The summed E-state index contributed by atoms with van der Waals surface area (Å²) in [5.74, 6) is 0.557.